The Hall–Kier alpha value is -2.36. The molecule has 1 heterocycles. The summed E-state index contributed by atoms with van der Waals surface area (Å²) in [7, 11) is 1.62. The molecule has 0 saturated carbocycles. The second kappa shape index (κ2) is 6.88. The number of pyridine rings is 1. The molecule has 0 aliphatic heterocycles. The molecule has 0 atom stereocenters. The Morgan fingerprint density at radius 3 is 2.52 bits per heavy atom. The van der Waals surface area contributed by atoms with E-state index in [9.17, 15) is 4.79 Å². The molecule has 0 fully saturated rings. The van der Waals surface area contributed by atoms with E-state index in [4.69, 9.17) is 4.74 Å². The summed E-state index contributed by atoms with van der Waals surface area (Å²) in [6, 6.07) is 13.2. The van der Waals surface area contributed by atoms with Crippen LogP contribution in [-0.2, 0) is 6.42 Å². The van der Waals surface area contributed by atoms with Gasteiger partial charge in [-0.15, -0.1) is 0 Å². The maximum atomic E-state index is 12.4. The summed E-state index contributed by atoms with van der Waals surface area (Å²) in [5.74, 6) is 0.786. The second-order valence-corrected chi connectivity index (χ2v) is 5.07. The number of rotatable bonds is 4. The van der Waals surface area contributed by atoms with Crippen LogP contribution in [0.2, 0.25) is 0 Å². The molecule has 0 bridgehead atoms. The minimum absolute atomic E-state index is 0.000154. The number of carbonyl (C=O) groups excluding carboxylic acids is 1. The normalized spacial score (nSPS) is 11.7. The third kappa shape index (κ3) is 4.05. The predicted octanol–water partition coefficient (Wildman–Crippen LogP) is 2.69. The molecule has 2 aromatic rings. The predicted molar refractivity (Wildman–Crippen MR) is 82.5 cm³/mol. The molecular weight excluding hydrogens is 264 g/mol. The summed E-state index contributed by atoms with van der Waals surface area (Å²) in [6.07, 6.45) is 2.09. The van der Waals surface area contributed by atoms with Crippen molar-refractivity contribution in [2.75, 3.05) is 7.11 Å². The minimum Gasteiger partial charge on any atom is -0.497 e. The lowest BCUT2D eigenvalue weighted by atomic mass is 10.1. The topological polar surface area (TPSA) is 43.6 Å². The average molecular weight is 284 g/mol. The number of hydrogen-bond acceptors (Lipinski definition) is 3. The molecule has 0 saturated heterocycles. The van der Waals surface area contributed by atoms with Gasteiger partial charge in [0.05, 0.1) is 13.5 Å². The average Bonchev–Trinajstić information content (AvgIpc) is 2.48. The van der Waals surface area contributed by atoms with Gasteiger partial charge in [-0.1, -0.05) is 18.2 Å². The first-order valence-corrected chi connectivity index (χ1v) is 6.98. The Morgan fingerprint density at radius 2 is 1.90 bits per heavy atom. The molecule has 4 heteroatoms. The van der Waals surface area contributed by atoms with Crippen LogP contribution in [0.1, 0.15) is 24.2 Å². The standard InChI is InChI=1S/C17H20N2O2/c1-13(2)18-16-6-4-5-11-19(16)17(20)12-14-7-9-15(21-3)10-8-14/h4-11,13H,12H2,1-3H3. The Labute approximate surface area is 124 Å². The van der Waals surface area contributed by atoms with Crippen molar-refractivity contribution in [1.82, 2.24) is 4.57 Å². The number of nitrogens with zero attached hydrogens (tertiary/aromatic N) is 2. The largest absolute Gasteiger partial charge is 0.497 e. The van der Waals surface area contributed by atoms with Gasteiger partial charge in [0.15, 0.2) is 0 Å². The summed E-state index contributed by atoms with van der Waals surface area (Å²) in [5, 5.41) is 0. The lowest BCUT2D eigenvalue weighted by Gasteiger charge is -2.08. The third-order valence-electron chi connectivity index (χ3n) is 3.01. The van der Waals surface area contributed by atoms with Crippen molar-refractivity contribution in [2.45, 2.75) is 26.3 Å². The highest BCUT2D eigenvalue weighted by atomic mass is 16.5. The quantitative estimate of drug-likeness (QED) is 0.866. The van der Waals surface area contributed by atoms with Crippen LogP contribution in [0.4, 0.5) is 0 Å². The van der Waals surface area contributed by atoms with Crippen molar-refractivity contribution in [1.29, 1.82) is 0 Å². The number of ether oxygens (including phenoxy) is 1. The zero-order valence-corrected chi connectivity index (χ0v) is 12.6. The lowest BCUT2D eigenvalue weighted by molar-refractivity contribution is 0.0908. The number of carbonyl (C=O) groups is 1. The van der Waals surface area contributed by atoms with Gasteiger partial charge < -0.3 is 4.74 Å². The van der Waals surface area contributed by atoms with E-state index in [1.807, 2.05) is 56.3 Å². The van der Waals surface area contributed by atoms with Crippen molar-refractivity contribution >= 4 is 5.91 Å². The molecule has 0 amide bonds. The summed E-state index contributed by atoms with van der Waals surface area (Å²) in [5.41, 5.74) is 1.64. The van der Waals surface area contributed by atoms with E-state index < -0.39 is 0 Å². The maximum absolute atomic E-state index is 12.4. The van der Waals surface area contributed by atoms with Crippen LogP contribution in [0.15, 0.2) is 53.7 Å². The number of benzene rings is 1. The van der Waals surface area contributed by atoms with E-state index in [0.717, 1.165) is 11.3 Å². The highest BCUT2D eigenvalue weighted by molar-refractivity contribution is 5.81. The van der Waals surface area contributed by atoms with Crippen LogP contribution in [0, 0.1) is 0 Å². The van der Waals surface area contributed by atoms with E-state index in [1.54, 1.807) is 17.9 Å². The van der Waals surface area contributed by atoms with Gasteiger partial charge in [0.25, 0.3) is 0 Å². The molecule has 1 aromatic heterocycles. The first kappa shape index (κ1) is 15.0. The number of hydrogen-bond donors (Lipinski definition) is 0. The molecule has 0 aliphatic carbocycles. The molecule has 0 unspecified atom stereocenters. The van der Waals surface area contributed by atoms with Crippen LogP contribution < -0.4 is 10.2 Å². The van der Waals surface area contributed by atoms with Crippen LogP contribution in [-0.4, -0.2) is 23.6 Å². The van der Waals surface area contributed by atoms with E-state index in [0.29, 0.717) is 11.9 Å². The molecule has 21 heavy (non-hydrogen) atoms. The molecule has 110 valence electrons. The Kier molecular flexibility index (Phi) is 4.93. The summed E-state index contributed by atoms with van der Waals surface area (Å²) in [4.78, 5) is 16.9. The van der Waals surface area contributed by atoms with Crippen LogP contribution in [0.25, 0.3) is 0 Å². The highest BCUT2D eigenvalue weighted by Crippen LogP contribution is 2.12. The first-order chi connectivity index (χ1) is 10.1. The van der Waals surface area contributed by atoms with E-state index >= 15 is 0 Å². The maximum Gasteiger partial charge on any atom is 0.236 e. The number of methoxy groups -OCH3 is 1. The fourth-order valence-corrected chi connectivity index (χ4v) is 2.02. The van der Waals surface area contributed by atoms with Crippen LogP contribution >= 0.6 is 0 Å². The van der Waals surface area contributed by atoms with Crippen molar-refractivity contribution in [3.8, 4) is 5.75 Å². The zero-order valence-electron chi connectivity index (χ0n) is 12.6. The zero-order chi connectivity index (χ0) is 15.2. The molecule has 1 aromatic carbocycles. The Balaban J connectivity index is 2.24. The third-order valence-corrected chi connectivity index (χ3v) is 3.01. The van der Waals surface area contributed by atoms with Gasteiger partial charge >= 0.3 is 0 Å². The minimum atomic E-state index is 0.000154. The summed E-state index contributed by atoms with van der Waals surface area (Å²) < 4.78 is 6.72. The molecule has 4 nitrogen and oxygen atoms in total. The lowest BCUT2D eigenvalue weighted by Crippen LogP contribution is -2.28. The Bertz CT molecular complexity index is 670. The fraction of sp³-hybridized carbons (Fsp3) is 0.294. The van der Waals surface area contributed by atoms with Gasteiger partial charge in [-0.25, -0.2) is 0 Å². The second-order valence-electron chi connectivity index (χ2n) is 5.07. The van der Waals surface area contributed by atoms with Gasteiger partial charge in [-0.2, -0.15) is 0 Å². The van der Waals surface area contributed by atoms with Gasteiger partial charge in [-0.3, -0.25) is 14.4 Å². The molecule has 0 aliphatic rings. The smallest absolute Gasteiger partial charge is 0.236 e. The first-order valence-electron chi connectivity index (χ1n) is 6.98. The van der Waals surface area contributed by atoms with E-state index in [2.05, 4.69) is 4.99 Å². The van der Waals surface area contributed by atoms with Gasteiger partial charge in [-0.05, 0) is 43.7 Å². The van der Waals surface area contributed by atoms with E-state index in [-0.39, 0.29) is 11.9 Å². The SMILES string of the molecule is COc1ccc(CC(=O)n2ccccc2=NC(C)C)cc1. The molecule has 0 spiro atoms. The molecule has 0 radical (unpaired) electrons. The summed E-state index contributed by atoms with van der Waals surface area (Å²) >= 11 is 0. The van der Waals surface area contributed by atoms with Gasteiger partial charge in [0, 0.05) is 12.2 Å². The molecule has 2 rings (SSSR count). The van der Waals surface area contributed by atoms with Gasteiger partial charge in [0.2, 0.25) is 5.91 Å². The van der Waals surface area contributed by atoms with Crippen LogP contribution in [0.5, 0.6) is 5.75 Å². The molecular formula is C17H20N2O2. The van der Waals surface area contributed by atoms with Crippen molar-refractivity contribution in [3.05, 3.63) is 59.7 Å². The summed E-state index contributed by atoms with van der Waals surface area (Å²) in [6.45, 7) is 3.98. The highest BCUT2D eigenvalue weighted by Gasteiger charge is 2.07. The Morgan fingerprint density at radius 1 is 1.19 bits per heavy atom. The van der Waals surface area contributed by atoms with Crippen molar-refractivity contribution < 1.29 is 9.53 Å². The van der Waals surface area contributed by atoms with E-state index in [1.165, 1.54) is 0 Å². The van der Waals surface area contributed by atoms with Crippen molar-refractivity contribution in [3.63, 3.8) is 0 Å². The monoisotopic (exact) mass is 284 g/mol. The molecule has 0 N–H and O–H groups in total. The van der Waals surface area contributed by atoms with Gasteiger partial charge in [0.1, 0.15) is 11.2 Å². The van der Waals surface area contributed by atoms with Crippen molar-refractivity contribution in [2.24, 2.45) is 4.99 Å². The van der Waals surface area contributed by atoms with Crippen LogP contribution in [0.3, 0.4) is 0 Å². The fourth-order valence-electron chi connectivity index (χ4n) is 2.02. The number of aromatic nitrogens is 1.